The summed E-state index contributed by atoms with van der Waals surface area (Å²) in [6.07, 6.45) is 1.50. The van der Waals surface area contributed by atoms with E-state index in [1.165, 1.54) is 0 Å². The molecular weight excluding hydrogens is 216 g/mol. The van der Waals surface area contributed by atoms with Gasteiger partial charge in [-0.3, -0.25) is 0 Å². The van der Waals surface area contributed by atoms with Crippen LogP contribution in [0.25, 0.3) is 11.5 Å². The summed E-state index contributed by atoms with van der Waals surface area (Å²) in [6, 6.07) is 5.78. The third-order valence-corrected chi connectivity index (χ3v) is 2.55. The van der Waals surface area contributed by atoms with Crippen molar-refractivity contribution < 1.29 is 4.52 Å². The molecule has 0 radical (unpaired) electrons. The molecule has 17 heavy (non-hydrogen) atoms. The number of nitrogens with two attached hydrogens (primary N) is 1. The van der Waals surface area contributed by atoms with Gasteiger partial charge < -0.3 is 10.3 Å². The summed E-state index contributed by atoms with van der Waals surface area (Å²) in [6.45, 7) is 3.96. The second kappa shape index (κ2) is 5.05. The van der Waals surface area contributed by atoms with Crippen molar-refractivity contribution in [3.05, 3.63) is 29.8 Å². The molecule has 90 valence electrons. The summed E-state index contributed by atoms with van der Waals surface area (Å²) in [7, 11) is 0. The Morgan fingerprint density at radius 1 is 1.35 bits per heavy atom. The highest BCUT2D eigenvalue weighted by atomic mass is 16.5. The quantitative estimate of drug-likeness (QED) is 0.868. The van der Waals surface area contributed by atoms with Gasteiger partial charge in [0, 0.05) is 18.2 Å². The lowest BCUT2D eigenvalue weighted by atomic mass is 10.2. The fraction of sp³-hybridized carbons (Fsp3) is 0.417. The first-order valence-corrected chi connectivity index (χ1v) is 5.71. The Morgan fingerprint density at radius 2 is 2.18 bits per heavy atom. The normalized spacial score (nSPS) is 12.6. The van der Waals surface area contributed by atoms with Gasteiger partial charge in [0.05, 0.1) is 0 Å². The highest BCUT2D eigenvalue weighted by molar-refractivity contribution is 5.47. The number of hydrogen-bond donors (Lipinski definition) is 1. The second-order valence-corrected chi connectivity index (χ2v) is 4.05. The van der Waals surface area contributed by atoms with Gasteiger partial charge in [-0.15, -0.1) is 0 Å². The lowest BCUT2D eigenvalue weighted by Crippen LogP contribution is -2.21. The molecule has 2 aromatic heterocycles. The average molecular weight is 232 g/mol. The molecule has 2 N–H and O–H groups in total. The van der Waals surface area contributed by atoms with E-state index in [1.807, 2.05) is 32.0 Å². The zero-order valence-corrected chi connectivity index (χ0v) is 10.1. The van der Waals surface area contributed by atoms with Gasteiger partial charge >= 0.3 is 0 Å². The van der Waals surface area contributed by atoms with Crippen LogP contribution in [-0.2, 0) is 6.42 Å². The largest absolute Gasteiger partial charge is 0.339 e. The first-order valence-electron chi connectivity index (χ1n) is 5.71. The lowest BCUT2D eigenvalue weighted by Gasteiger charge is -2.02. The first kappa shape index (κ1) is 11.7. The maximum Gasteiger partial charge on any atom is 0.228 e. The average Bonchev–Trinajstić information content (AvgIpc) is 2.77. The van der Waals surface area contributed by atoms with Gasteiger partial charge in [0.15, 0.2) is 0 Å². The maximum atomic E-state index is 5.83. The van der Waals surface area contributed by atoms with E-state index in [0.717, 1.165) is 17.8 Å². The van der Waals surface area contributed by atoms with Crippen molar-refractivity contribution >= 4 is 0 Å². The van der Waals surface area contributed by atoms with E-state index < -0.39 is 0 Å². The number of hydrogen-bond acceptors (Lipinski definition) is 5. The SMILES string of the molecule is CCC(N)Cc1nc(-c2cccc(C)n2)no1. The number of pyridine rings is 1. The molecule has 2 heterocycles. The van der Waals surface area contributed by atoms with Gasteiger partial charge in [-0.25, -0.2) is 4.98 Å². The summed E-state index contributed by atoms with van der Waals surface area (Å²) in [5, 5.41) is 3.91. The Hall–Kier alpha value is -1.75. The van der Waals surface area contributed by atoms with E-state index in [-0.39, 0.29) is 6.04 Å². The van der Waals surface area contributed by atoms with Crippen LogP contribution in [0.1, 0.15) is 24.9 Å². The minimum absolute atomic E-state index is 0.0637. The highest BCUT2D eigenvalue weighted by Gasteiger charge is 2.12. The molecule has 0 aliphatic carbocycles. The van der Waals surface area contributed by atoms with E-state index >= 15 is 0 Å². The maximum absolute atomic E-state index is 5.83. The predicted octanol–water partition coefficient (Wildman–Crippen LogP) is 1.72. The van der Waals surface area contributed by atoms with Crippen LogP contribution in [0.4, 0.5) is 0 Å². The van der Waals surface area contributed by atoms with Crippen molar-refractivity contribution in [1.82, 2.24) is 15.1 Å². The number of aromatic nitrogens is 3. The van der Waals surface area contributed by atoms with Gasteiger partial charge in [-0.1, -0.05) is 18.1 Å². The fourth-order valence-corrected chi connectivity index (χ4v) is 1.48. The Morgan fingerprint density at radius 3 is 2.88 bits per heavy atom. The van der Waals surface area contributed by atoms with E-state index in [4.69, 9.17) is 10.3 Å². The number of nitrogens with zero attached hydrogens (tertiary/aromatic N) is 3. The van der Waals surface area contributed by atoms with E-state index in [9.17, 15) is 0 Å². The lowest BCUT2D eigenvalue weighted by molar-refractivity contribution is 0.368. The minimum Gasteiger partial charge on any atom is -0.339 e. The zero-order chi connectivity index (χ0) is 12.3. The number of rotatable bonds is 4. The van der Waals surface area contributed by atoms with Crippen LogP contribution in [0.2, 0.25) is 0 Å². The van der Waals surface area contributed by atoms with E-state index in [2.05, 4.69) is 15.1 Å². The Kier molecular flexibility index (Phi) is 3.49. The zero-order valence-electron chi connectivity index (χ0n) is 10.1. The van der Waals surface area contributed by atoms with Gasteiger partial charge in [-0.2, -0.15) is 4.98 Å². The third-order valence-electron chi connectivity index (χ3n) is 2.55. The van der Waals surface area contributed by atoms with Crippen molar-refractivity contribution in [3.8, 4) is 11.5 Å². The van der Waals surface area contributed by atoms with Gasteiger partial charge in [0.1, 0.15) is 5.69 Å². The molecule has 5 heteroatoms. The molecule has 0 amide bonds. The van der Waals surface area contributed by atoms with Crippen molar-refractivity contribution in [1.29, 1.82) is 0 Å². The highest BCUT2D eigenvalue weighted by Crippen LogP contribution is 2.14. The molecule has 0 aliphatic rings. The van der Waals surface area contributed by atoms with Crippen molar-refractivity contribution in [2.45, 2.75) is 32.7 Å². The summed E-state index contributed by atoms with van der Waals surface area (Å²) in [4.78, 5) is 8.63. The Balaban J connectivity index is 2.18. The molecule has 0 saturated carbocycles. The smallest absolute Gasteiger partial charge is 0.228 e. The molecular formula is C12H16N4O. The monoisotopic (exact) mass is 232 g/mol. The van der Waals surface area contributed by atoms with Crippen LogP contribution >= 0.6 is 0 Å². The molecule has 1 atom stereocenters. The molecule has 0 aliphatic heterocycles. The molecule has 0 aromatic carbocycles. The molecule has 5 nitrogen and oxygen atoms in total. The van der Waals surface area contributed by atoms with Gasteiger partial charge in [-0.05, 0) is 25.5 Å². The molecule has 0 spiro atoms. The van der Waals surface area contributed by atoms with Crippen LogP contribution in [0.5, 0.6) is 0 Å². The van der Waals surface area contributed by atoms with Crippen LogP contribution in [0.15, 0.2) is 22.7 Å². The molecule has 1 unspecified atom stereocenters. The summed E-state index contributed by atoms with van der Waals surface area (Å²) in [5.74, 6) is 1.09. The minimum atomic E-state index is 0.0637. The summed E-state index contributed by atoms with van der Waals surface area (Å²) < 4.78 is 5.15. The molecule has 0 bridgehead atoms. The summed E-state index contributed by atoms with van der Waals surface area (Å²) >= 11 is 0. The molecule has 2 aromatic rings. The van der Waals surface area contributed by atoms with E-state index in [1.54, 1.807) is 0 Å². The Labute approximate surface area is 100 Å². The van der Waals surface area contributed by atoms with Crippen molar-refractivity contribution in [3.63, 3.8) is 0 Å². The molecule has 0 fully saturated rings. The molecule has 2 rings (SSSR count). The molecule has 0 saturated heterocycles. The van der Waals surface area contributed by atoms with Crippen molar-refractivity contribution in [2.24, 2.45) is 5.73 Å². The standard InChI is InChI=1S/C12H16N4O/c1-3-9(13)7-11-15-12(16-17-11)10-6-4-5-8(2)14-10/h4-6,9H,3,7,13H2,1-2H3. The second-order valence-electron chi connectivity index (χ2n) is 4.05. The van der Waals surface area contributed by atoms with Crippen LogP contribution in [-0.4, -0.2) is 21.2 Å². The fourth-order valence-electron chi connectivity index (χ4n) is 1.48. The van der Waals surface area contributed by atoms with Gasteiger partial charge in [0.2, 0.25) is 11.7 Å². The van der Waals surface area contributed by atoms with Crippen LogP contribution in [0, 0.1) is 6.92 Å². The van der Waals surface area contributed by atoms with E-state index in [0.29, 0.717) is 18.1 Å². The third kappa shape index (κ3) is 2.88. The first-order chi connectivity index (χ1) is 8.19. The summed E-state index contributed by atoms with van der Waals surface area (Å²) in [5.41, 5.74) is 7.49. The van der Waals surface area contributed by atoms with Crippen molar-refractivity contribution in [2.75, 3.05) is 0 Å². The topological polar surface area (TPSA) is 77.8 Å². The van der Waals surface area contributed by atoms with Crippen LogP contribution < -0.4 is 5.73 Å². The Bertz CT molecular complexity index is 495. The number of aryl methyl sites for hydroxylation is 1. The van der Waals surface area contributed by atoms with Crippen LogP contribution in [0.3, 0.4) is 0 Å². The predicted molar refractivity (Wildman–Crippen MR) is 64.2 cm³/mol. The van der Waals surface area contributed by atoms with Gasteiger partial charge in [0.25, 0.3) is 0 Å².